The Morgan fingerprint density at radius 3 is 2.60 bits per heavy atom. The molecule has 1 rings (SSSR count). The maximum absolute atomic E-state index is 10.7. The molecule has 15 heavy (non-hydrogen) atoms. The number of anilines is 1. The number of nitrogen functional groups attached to an aromatic ring is 1. The normalized spacial score (nSPS) is 9.27. The van der Waals surface area contributed by atoms with Gasteiger partial charge in [0.25, 0.3) is 0 Å². The molecule has 7 nitrogen and oxygen atoms in total. The van der Waals surface area contributed by atoms with E-state index in [1.807, 2.05) is 0 Å². The molecule has 0 radical (unpaired) electrons. The molecule has 0 amide bonds. The molecular weight excluding hydrogens is 202 g/mol. The van der Waals surface area contributed by atoms with Gasteiger partial charge in [0.1, 0.15) is 11.6 Å². The zero-order valence-electron chi connectivity index (χ0n) is 7.30. The monoisotopic (exact) mass is 207 g/mol. The molecule has 0 bridgehead atoms. The molecule has 1 aromatic carbocycles. The Hall–Kier alpha value is -2.62. The van der Waals surface area contributed by atoms with Gasteiger partial charge < -0.3 is 10.8 Å². The van der Waals surface area contributed by atoms with E-state index in [2.05, 4.69) is 0 Å². The van der Waals surface area contributed by atoms with Crippen LogP contribution in [0.4, 0.5) is 11.4 Å². The summed E-state index contributed by atoms with van der Waals surface area (Å²) in [7, 11) is 0. The number of hydrogen-bond donors (Lipinski definition) is 2. The fourth-order valence-electron chi connectivity index (χ4n) is 1.11. The van der Waals surface area contributed by atoms with Gasteiger partial charge in [0.05, 0.1) is 10.6 Å². The molecule has 0 heterocycles. The highest BCUT2D eigenvalue weighted by molar-refractivity contribution is 5.99. The van der Waals surface area contributed by atoms with Crippen molar-refractivity contribution in [3.8, 4) is 6.07 Å². The van der Waals surface area contributed by atoms with E-state index in [0.29, 0.717) is 0 Å². The molecule has 1 aromatic rings. The summed E-state index contributed by atoms with van der Waals surface area (Å²) in [4.78, 5) is 20.4. The van der Waals surface area contributed by atoms with Crippen molar-refractivity contribution in [2.45, 2.75) is 0 Å². The van der Waals surface area contributed by atoms with E-state index in [-0.39, 0.29) is 11.3 Å². The van der Waals surface area contributed by atoms with E-state index < -0.39 is 22.1 Å². The number of hydrogen-bond acceptors (Lipinski definition) is 5. The van der Waals surface area contributed by atoms with Crippen LogP contribution in [0.5, 0.6) is 0 Å². The van der Waals surface area contributed by atoms with Crippen LogP contribution in [0.1, 0.15) is 15.9 Å². The van der Waals surface area contributed by atoms with Gasteiger partial charge in [-0.25, -0.2) is 4.79 Å². The molecule has 0 atom stereocenters. The minimum atomic E-state index is -1.53. The average molecular weight is 207 g/mol. The van der Waals surface area contributed by atoms with Crippen LogP contribution in [-0.4, -0.2) is 16.0 Å². The molecule has 0 aliphatic heterocycles. The number of nitriles is 1. The first-order valence-electron chi connectivity index (χ1n) is 3.69. The first kappa shape index (κ1) is 10.5. The average Bonchev–Trinajstić information content (AvgIpc) is 2.16. The van der Waals surface area contributed by atoms with Crippen LogP contribution in [-0.2, 0) is 0 Å². The van der Waals surface area contributed by atoms with Gasteiger partial charge in [0, 0.05) is 0 Å². The van der Waals surface area contributed by atoms with E-state index in [4.69, 9.17) is 16.1 Å². The van der Waals surface area contributed by atoms with Crippen molar-refractivity contribution in [1.29, 1.82) is 5.26 Å². The Labute approximate surface area is 83.5 Å². The fourth-order valence-corrected chi connectivity index (χ4v) is 1.11. The van der Waals surface area contributed by atoms with Gasteiger partial charge >= 0.3 is 11.7 Å². The predicted octanol–water partition coefficient (Wildman–Crippen LogP) is 0.747. The molecule has 3 N–H and O–H groups in total. The van der Waals surface area contributed by atoms with Crippen LogP contribution >= 0.6 is 0 Å². The second kappa shape index (κ2) is 3.63. The molecule has 0 unspecified atom stereocenters. The van der Waals surface area contributed by atoms with Gasteiger partial charge in [0.2, 0.25) is 0 Å². The van der Waals surface area contributed by atoms with E-state index in [1.165, 1.54) is 6.07 Å². The zero-order valence-corrected chi connectivity index (χ0v) is 7.30. The Balaban J connectivity index is 3.68. The topological polar surface area (TPSA) is 130 Å². The second-order valence-electron chi connectivity index (χ2n) is 2.60. The molecule has 0 fully saturated rings. The Kier molecular flexibility index (Phi) is 2.53. The lowest BCUT2D eigenvalue weighted by molar-refractivity contribution is -0.385. The Morgan fingerprint density at radius 2 is 2.20 bits per heavy atom. The smallest absolute Gasteiger partial charge is 0.344 e. The van der Waals surface area contributed by atoms with Gasteiger partial charge in [0.15, 0.2) is 5.56 Å². The van der Waals surface area contributed by atoms with Crippen LogP contribution in [0.3, 0.4) is 0 Å². The van der Waals surface area contributed by atoms with Gasteiger partial charge in [-0.3, -0.25) is 10.1 Å². The van der Waals surface area contributed by atoms with Gasteiger partial charge in [-0.2, -0.15) is 5.26 Å². The first-order chi connectivity index (χ1) is 6.99. The highest BCUT2D eigenvalue weighted by Gasteiger charge is 2.27. The van der Waals surface area contributed by atoms with Crippen LogP contribution in [0.25, 0.3) is 0 Å². The molecule has 0 saturated heterocycles. The number of nitrogens with two attached hydrogens (primary N) is 1. The zero-order chi connectivity index (χ0) is 11.6. The molecular formula is C8H5N3O4. The second-order valence-corrected chi connectivity index (χ2v) is 2.60. The summed E-state index contributed by atoms with van der Waals surface area (Å²) in [6.45, 7) is 0. The number of carbonyl (C=O) groups is 1. The van der Waals surface area contributed by atoms with Crippen LogP contribution in [0, 0.1) is 21.4 Å². The number of aromatic carboxylic acids is 1. The number of carboxylic acids is 1. The fraction of sp³-hybridized carbons (Fsp3) is 0. The predicted molar refractivity (Wildman–Crippen MR) is 49.2 cm³/mol. The lowest BCUT2D eigenvalue weighted by Crippen LogP contribution is -2.08. The van der Waals surface area contributed by atoms with Gasteiger partial charge in [-0.15, -0.1) is 0 Å². The van der Waals surface area contributed by atoms with E-state index in [1.54, 1.807) is 0 Å². The van der Waals surface area contributed by atoms with Crippen LogP contribution in [0.15, 0.2) is 12.1 Å². The number of benzene rings is 1. The third-order valence-corrected chi connectivity index (χ3v) is 1.73. The van der Waals surface area contributed by atoms with Crippen molar-refractivity contribution >= 4 is 17.3 Å². The molecule has 0 aliphatic carbocycles. The van der Waals surface area contributed by atoms with Crippen molar-refractivity contribution < 1.29 is 14.8 Å². The highest BCUT2D eigenvalue weighted by Crippen LogP contribution is 2.28. The summed E-state index contributed by atoms with van der Waals surface area (Å²) in [5, 5.41) is 27.9. The quantitative estimate of drug-likeness (QED) is 0.418. The minimum Gasteiger partial charge on any atom is -0.477 e. The third kappa shape index (κ3) is 1.68. The highest BCUT2D eigenvalue weighted by atomic mass is 16.6. The SMILES string of the molecule is N#Cc1ccc(N)c(C(=O)O)c1[N+](=O)[O-]. The lowest BCUT2D eigenvalue weighted by atomic mass is 10.1. The number of rotatable bonds is 2. The first-order valence-corrected chi connectivity index (χ1v) is 3.69. The van der Waals surface area contributed by atoms with Crippen LogP contribution in [0.2, 0.25) is 0 Å². The molecule has 0 aliphatic rings. The number of carboxylic acid groups (broad SMARTS) is 1. The maximum atomic E-state index is 10.7. The number of nitrogens with zero attached hydrogens (tertiary/aromatic N) is 2. The lowest BCUT2D eigenvalue weighted by Gasteiger charge is -2.02. The summed E-state index contributed by atoms with van der Waals surface area (Å²) in [6, 6.07) is 3.80. The summed E-state index contributed by atoms with van der Waals surface area (Å²) >= 11 is 0. The molecule has 0 aromatic heterocycles. The number of nitro groups is 1. The standard InChI is InChI=1S/C8H5N3O4/c9-3-4-1-2-5(10)6(8(12)13)7(4)11(14)15/h1-2H,10H2,(H,12,13). The molecule has 0 spiro atoms. The summed E-state index contributed by atoms with van der Waals surface area (Å²) < 4.78 is 0. The Morgan fingerprint density at radius 1 is 1.60 bits per heavy atom. The van der Waals surface area contributed by atoms with Gasteiger partial charge in [-0.1, -0.05) is 0 Å². The van der Waals surface area contributed by atoms with Crippen molar-refractivity contribution in [3.05, 3.63) is 33.4 Å². The van der Waals surface area contributed by atoms with E-state index in [0.717, 1.165) is 12.1 Å². The summed E-state index contributed by atoms with van der Waals surface area (Å²) in [5.41, 5.74) is 3.29. The van der Waals surface area contributed by atoms with Crippen molar-refractivity contribution in [3.63, 3.8) is 0 Å². The van der Waals surface area contributed by atoms with Gasteiger partial charge in [-0.05, 0) is 12.1 Å². The Bertz CT molecular complexity index is 489. The number of nitro benzene ring substituents is 1. The third-order valence-electron chi connectivity index (χ3n) is 1.73. The van der Waals surface area contributed by atoms with Crippen molar-refractivity contribution in [2.75, 3.05) is 5.73 Å². The summed E-state index contributed by atoms with van der Waals surface area (Å²) in [6.07, 6.45) is 0. The minimum absolute atomic E-state index is 0.242. The summed E-state index contributed by atoms with van der Waals surface area (Å²) in [5.74, 6) is -1.53. The van der Waals surface area contributed by atoms with E-state index >= 15 is 0 Å². The molecule has 0 saturated carbocycles. The molecule has 7 heteroatoms. The van der Waals surface area contributed by atoms with Crippen molar-refractivity contribution in [1.82, 2.24) is 0 Å². The van der Waals surface area contributed by atoms with Crippen LogP contribution < -0.4 is 5.73 Å². The van der Waals surface area contributed by atoms with E-state index in [9.17, 15) is 14.9 Å². The van der Waals surface area contributed by atoms with Crippen molar-refractivity contribution in [2.24, 2.45) is 0 Å². The maximum Gasteiger partial charge on any atom is 0.344 e. The largest absolute Gasteiger partial charge is 0.477 e. The molecule has 76 valence electrons.